The Kier molecular flexibility index (Phi) is 3.35. The smallest absolute Gasteiger partial charge is 0.369 e. The van der Waals surface area contributed by atoms with Crippen LogP contribution in [-0.4, -0.2) is 32.5 Å². The zero-order chi connectivity index (χ0) is 13.2. The van der Waals surface area contributed by atoms with Gasteiger partial charge in [-0.15, -0.1) is 0 Å². The van der Waals surface area contributed by atoms with Crippen molar-refractivity contribution in [2.75, 3.05) is 11.9 Å². The summed E-state index contributed by atoms with van der Waals surface area (Å²) < 4.78 is 37.5. The molecule has 2 heterocycles. The van der Waals surface area contributed by atoms with E-state index in [1.165, 1.54) is 6.33 Å². The lowest BCUT2D eigenvalue weighted by Crippen LogP contribution is -2.11. The van der Waals surface area contributed by atoms with Crippen molar-refractivity contribution in [3.8, 4) is 0 Å². The van der Waals surface area contributed by atoms with Crippen molar-refractivity contribution in [3.05, 3.63) is 12.5 Å². The lowest BCUT2D eigenvalue weighted by molar-refractivity contribution is -0.134. The highest BCUT2D eigenvalue weighted by molar-refractivity contribution is 5.85. The van der Waals surface area contributed by atoms with Gasteiger partial charge in [-0.1, -0.05) is 0 Å². The van der Waals surface area contributed by atoms with Crippen LogP contribution in [0.25, 0.3) is 11.0 Å². The van der Waals surface area contributed by atoms with Gasteiger partial charge < -0.3 is 5.32 Å². The van der Waals surface area contributed by atoms with Crippen LogP contribution in [0.2, 0.25) is 0 Å². The third kappa shape index (κ3) is 2.88. The zero-order valence-corrected chi connectivity index (χ0v) is 9.70. The van der Waals surface area contributed by atoms with Crippen LogP contribution in [0, 0.1) is 0 Å². The van der Waals surface area contributed by atoms with Crippen LogP contribution in [0.3, 0.4) is 0 Å². The Morgan fingerprint density at radius 3 is 2.83 bits per heavy atom. The van der Waals surface area contributed by atoms with Gasteiger partial charge in [0.25, 0.3) is 0 Å². The van der Waals surface area contributed by atoms with Crippen molar-refractivity contribution in [1.29, 1.82) is 0 Å². The minimum Gasteiger partial charge on any atom is -0.369 e. The Morgan fingerprint density at radius 2 is 2.11 bits per heavy atom. The highest BCUT2D eigenvalue weighted by Crippen LogP contribution is 2.22. The van der Waals surface area contributed by atoms with Crippen molar-refractivity contribution in [3.63, 3.8) is 0 Å². The molecular formula is C10H12F3N5. The Bertz CT molecular complexity index is 534. The van der Waals surface area contributed by atoms with Crippen molar-refractivity contribution < 1.29 is 13.2 Å². The van der Waals surface area contributed by atoms with Gasteiger partial charge in [-0.25, -0.2) is 9.97 Å². The van der Waals surface area contributed by atoms with Crippen molar-refractivity contribution >= 4 is 16.9 Å². The van der Waals surface area contributed by atoms with Gasteiger partial charge in [0.1, 0.15) is 12.1 Å². The summed E-state index contributed by atoms with van der Waals surface area (Å²) in [5.41, 5.74) is 0.642. The van der Waals surface area contributed by atoms with Gasteiger partial charge >= 0.3 is 6.18 Å². The molecule has 0 aliphatic heterocycles. The van der Waals surface area contributed by atoms with Crippen LogP contribution in [0.15, 0.2) is 12.5 Å². The second kappa shape index (κ2) is 4.79. The van der Waals surface area contributed by atoms with Crippen LogP contribution < -0.4 is 5.32 Å². The minimum absolute atomic E-state index is 0.00918. The molecule has 0 saturated carbocycles. The predicted octanol–water partition coefficient (Wildman–Crippen LogP) is 2.12. The Labute approximate surface area is 101 Å². The molecule has 0 saturated heterocycles. The first kappa shape index (κ1) is 12.6. The molecule has 0 aromatic carbocycles. The average molecular weight is 259 g/mol. The van der Waals surface area contributed by atoms with Gasteiger partial charge in [-0.2, -0.15) is 18.3 Å². The molecule has 0 unspecified atom stereocenters. The van der Waals surface area contributed by atoms with Crippen molar-refractivity contribution in [2.24, 2.45) is 7.05 Å². The molecule has 0 spiro atoms. The fraction of sp³-hybridized carbons (Fsp3) is 0.500. The van der Waals surface area contributed by atoms with Crippen LogP contribution in [0.5, 0.6) is 0 Å². The normalized spacial score (nSPS) is 12.0. The fourth-order valence-electron chi connectivity index (χ4n) is 1.60. The zero-order valence-electron chi connectivity index (χ0n) is 9.70. The lowest BCUT2D eigenvalue weighted by atomic mass is 10.3. The SMILES string of the molecule is Cn1ncc2c(NCCCC(F)(F)F)ncnc21. The summed E-state index contributed by atoms with van der Waals surface area (Å²) in [4.78, 5) is 8.04. The maximum Gasteiger partial charge on any atom is 0.389 e. The largest absolute Gasteiger partial charge is 0.389 e. The van der Waals surface area contributed by atoms with Gasteiger partial charge in [0.05, 0.1) is 11.6 Å². The standard InChI is InChI=1S/C10H12F3N5/c1-18-9-7(5-17-18)8(15-6-16-9)14-4-2-3-10(11,12)13/h5-6H,2-4H2,1H3,(H,14,15,16). The second-order valence-corrected chi connectivity index (χ2v) is 3.87. The van der Waals surface area contributed by atoms with E-state index >= 15 is 0 Å². The molecule has 98 valence electrons. The summed E-state index contributed by atoms with van der Waals surface area (Å²) in [7, 11) is 1.74. The highest BCUT2D eigenvalue weighted by atomic mass is 19.4. The quantitative estimate of drug-likeness (QED) is 0.854. The number of hydrogen-bond donors (Lipinski definition) is 1. The molecule has 0 amide bonds. The number of alkyl halides is 3. The number of aryl methyl sites for hydroxylation is 1. The summed E-state index contributed by atoms with van der Waals surface area (Å²) in [6.07, 6.45) is -1.97. The topological polar surface area (TPSA) is 55.6 Å². The second-order valence-electron chi connectivity index (χ2n) is 3.87. The molecule has 2 rings (SSSR count). The summed E-state index contributed by atoms with van der Waals surface area (Å²) in [5, 5.41) is 7.59. The number of fused-ring (bicyclic) bond motifs is 1. The molecule has 2 aromatic rings. The summed E-state index contributed by atoms with van der Waals surface area (Å²) >= 11 is 0. The van der Waals surface area contributed by atoms with Gasteiger partial charge in [-0.3, -0.25) is 4.68 Å². The Hall–Kier alpha value is -1.86. The predicted molar refractivity (Wildman–Crippen MR) is 60.1 cm³/mol. The Morgan fingerprint density at radius 1 is 1.33 bits per heavy atom. The van der Waals surface area contributed by atoms with Crippen LogP contribution >= 0.6 is 0 Å². The average Bonchev–Trinajstić information content (AvgIpc) is 2.67. The number of nitrogens with one attached hydrogen (secondary N) is 1. The summed E-state index contributed by atoms with van der Waals surface area (Å²) in [6, 6.07) is 0. The number of hydrogen-bond acceptors (Lipinski definition) is 4. The van der Waals surface area contributed by atoms with Gasteiger partial charge in [0.2, 0.25) is 0 Å². The van der Waals surface area contributed by atoms with E-state index in [1.807, 2.05) is 0 Å². The van der Waals surface area contributed by atoms with Gasteiger partial charge in [0.15, 0.2) is 5.65 Å². The van der Waals surface area contributed by atoms with Crippen LogP contribution in [0.1, 0.15) is 12.8 Å². The molecule has 1 N–H and O–H groups in total. The van der Waals surface area contributed by atoms with E-state index in [0.717, 1.165) is 0 Å². The van der Waals surface area contributed by atoms with Gasteiger partial charge in [0, 0.05) is 20.0 Å². The third-order valence-electron chi connectivity index (χ3n) is 2.46. The molecule has 0 atom stereocenters. The molecule has 2 aromatic heterocycles. The van der Waals surface area contributed by atoms with E-state index in [2.05, 4.69) is 20.4 Å². The first-order valence-electron chi connectivity index (χ1n) is 5.41. The molecule has 0 aliphatic rings. The Balaban J connectivity index is 2.00. The number of aromatic nitrogens is 4. The fourth-order valence-corrected chi connectivity index (χ4v) is 1.60. The monoisotopic (exact) mass is 259 g/mol. The maximum atomic E-state index is 12.0. The van der Waals surface area contributed by atoms with E-state index in [-0.39, 0.29) is 13.0 Å². The molecule has 8 heteroatoms. The molecule has 0 radical (unpaired) electrons. The van der Waals surface area contributed by atoms with E-state index in [4.69, 9.17) is 0 Å². The number of rotatable bonds is 4. The minimum atomic E-state index is -4.11. The van der Waals surface area contributed by atoms with E-state index < -0.39 is 12.6 Å². The molecule has 0 aliphatic carbocycles. The summed E-state index contributed by atoms with van der Waals surface area (Å²) in [5.74, 6) is 0.510. The van der Waals surface area contributed by atoms with Crippen LogP contribution in [0.4, 0.5) is 19.0 Å². The van der Waals surface area contributed by atoms with Crippen molar-refractivity contribution in [1.82, 2.24) is 19.7 Å². The third-order valence-corrected chi connectivity index (χ3v) is 2.46. The van der Waals surface area contributed by atoms with Crippen LogP contribution in [-0.2, 0) is 7.05 Å². The molecule has 18 heavy (non-hydrogen) atoms. The van der Waals surface area contributed by atoms with E-state index in [1.54, 1.807) is 17.9 Å². The molecule has 5 nitrogen and oxygen atoms in total. The van der Waals surface area contributed by atoms with Gasteiger partial charge in [-0.05, 0) is 6.42 Å². The number of anilines is 1. The van der Waals surface area contributed by atoms with E-state index in [9.17, 15) is 13.2 Å². The molecule has 0 bridgehead atoms. The first-order chi connectivity index (χ1) is 8.47. The first-order valence-corrected chi connectivity index (χ1v) is 5.41. The molecule has 0 fully saturated rings. The number of halogens is 3. The van der Waals surface area contributed by atoms with E-state index in [0.29, 0.717) is 16.9 Å². The highest BCUT2D eigenvalue weighted by Gasteiger charge is 2.25. The maximum absolute atomic E-state index is 12.0. The number of nitrogens with zero attached hydrogens (tertiary/aromatic N) is 4. The lowest BCUT2D eigenvalue weighted by Gasteiger charge is -2.08. The van der Waals surface area contributed by atoms with Crippen molar-refractivity contribution in [2.45, 2.75) is 19.0 Å². The summed E-state index contributed by atoms with van der Waals surface area (Å²) in [6.45, 7) is 0.209. The molecular weight excluding hydrogens is 247 g/mol.